The first-order valence-electron chi connectivity index (χ1n) is 5.85. The molecule has 0 unspecified atom stereocenters. The Hall–Kier alpha value is -0.980. The Morgan fingerprint density at radius 3 is 2.78 bits per heavy atom. The van der Waals surface area contributed by atoms with Crippen LogP contribution in [0.3, 0.4) is 0 Å². The van der Waals surface area contributed by atoms with Crippen molar-refractivity contribution in [2.45, 2.75) is 38.1 Å². The van der Waals surface area contributed by atoms with Gasteiger partial charge >= 0.3 is 0 Å². The predicted octanol–water partition coefficient (Wildman–Crippen LogP) is 2.73. The number of halogens is 1. The minimum Gasteiger partial charge on any atom is -0.332 e. The molecule has 1 saturated carbocycles. The van der Waals surface area contributed by atoms with Crippen LogP contribution in [0.15, 0.2) is 9.90 Å². The molecule has 3 rings (SSSR count). The summed E-state index contributed by atoms with van der Waals surface area (Å²) in [7, 11) is 0. The SMILES string of the molecule is Cl.NCc1nc(-c2nc(C3CCCC3)no2)cs1. The first kappa shape index (κ1) is 13.5. The molecule has 0 spiro atoms. The number of nitrogens with two attached hydrogens (primary N) is 1. The molecule has 2 heterocycles. The van der Waals surface area contributed by atoms with Gasteiger partial charge in [-0.3, -0.25) is 0 Å². The second-order valence-corrected chi connectivity index (χ2v) is 5.21. The van der Waals surface area contributed by atoms with Crippen molar-refractivity contribution in [1.82, 2.24) is 15.1 Å². The summed E-state index contributed by atoms with van der Waals surface area (Å²) in [4.78, 5) is 8.77. The van der Waals surface area contributed by atoms with Gasteiger partial charge in [-0.15, -0.1) is 23.7 Å². The van der Waals surface area contributed by atoms with E-state index >= 15 is 0 Å². The lowest BCUT2D eigenvalue weighted by molar-refractivity contribution is 0.415. The zero-order valence-corrected chi connectivity index (χ0v) is 11.5. The summed E-state index contributed by atoms with van der Waals surface area (Å²) in [6, 6.07) is 0. The molecule has 1 aliphatic rings. The molecule has 0 aromatic carbocycles. The highest BCUT2D eigenvalue weighted by molar-refractivity contribution is 7.09. The second kappa shape index (κ2) is 5.77. The van der Waals surface area contributed by atoms with Crippen LogP contribution < -0.4 is 5.73 Å². The van der Waals surface area contributed by atoms with Gasteiger partial charge < -0.3 is 10.3 Å². The monoisotopic (exact) mass is 286 g/mol. The first-order valence-corrected chi connectivity index (χ1v) is 6.73. The fraction of sp³-hybridized carbons (Fsp3) is 0.545. The van der Waals surface area contributed by atoms with Gasteiger partial charge in [0.25, 0.3) is 5.89 Å². The number of hydrogen-bond acceptors (Lipinski definition) is 6. The van der Waals surface area contributed by atoms with Crippen LogP contribution in [-0.2, 0) is 6.54 Å². The van der Waals surface area contributed by atoms with Crippen molar-refractivity contribution in [1.29, 1.82) is 0 Å². The lowest BCUT2D eigenvalue weighted by Gasteiger charge is -1.99. The van der Waals surface area contributed by atoms with Gasteiger partial charge in [0.1, 0.15) is 10.7 Å². The van der Waals surface area contributed by atoms with E-state index in [2.05, 4.69) is 15.1 Å². The van der Waals surface area contributed by atoms with Crippen molar-refractivity contribution in [3.63, 3.8) is 0 Å². The van der Waals surface area contributed by atoms with Gasteiger partial charge in [-0.2, -0.15) is 4.98 Å². The summed E-state index contributed by atoms with van der Waals surface area (Å²) in [6.07, 6.45) is 4.87. The summed E-state index contributed by atoms with van der Waals surface area (Å²) >= 11 is 1.52. The van der Waals surface area contributed by atoms with Crippen molar-refractivity contribution >= 4 is 23.7 Å². The second-order valence-electron chi connectivity index (χ2n) is 4.27. The quantitative estimate of drug-likeness (QED) is 0.938. The number of aromatic nitrogens is 3. The summed E-state index contributed by atoms with van der Waals surface area (Å²) in [5.41, 5.74) is 6.27. The Kier molecular flexibility index (Phi) is 4.31. The fourth-order valence-corrected chi connectivity index (χ4v) is 2.84. The van der Waals surface area contributed by atoms with Crippen molar-refractivity contribution in [2.75, 3.05) is 0 Å². The molecule has 0 radical (unpaired) electrons. The molecule has 1 aliphatic carbocycles. The minimum absolute atomic E-state index is 0. The van der Waals surface area contributed by atoms with Crippen LogP contribution >= 0.6 is 23.7 Å². The van der Waals surface area contributed by atoms with E-state index in [9.17, 15) is 0 Å². The van der Waals surface area contributed by atoms with E-state index in [0.717, 1.165) is 16.5 Å². The Morgan fingerprint density at radius 1 is 1.33 bits per heavy atom. The molecule has 2 aromatic rings. The van der Waals surface area contributed by atoms with Gasteiger partial charge in [-0.25, -0.2) is 4.98 Å². The third-order valence-electron chi connectivity index (χ3n) is 3.11. The zero-order chi connectivity index (χ0) is 11.7. The fourth-order valence-electron chi connectivity index (χ4n) is 2.19. The molecule has 98 valence electrons. The summed E-state index contributed by atoms with van der Waals surface area (Å²) in [5.74, 6) is 1.82. The Labute approximate surface area is 115 Å². The van der Waals surface area contributed by atoms with Gasteiger partial charge in [-0.05, 0) is 12.8 Å². The van der Waals surface area contributed by atoms with E-state index < -0.39 is 0 Å². The smallest absolute Gasteiger partial charge is 0.277 e. The molecule has 0 aliphatic heterocycles. The summed E-state index contributed by atoms with van der Waals surface area (Å²) < 4.78 is 5.26. The lowest BCUT2D eigenvalue weighted by atomic mass is 10.1. The van der Waals surface area contributed by atoms with Crippen LogP contribution in [0.4, 0.5) is 0 Å². The van der Waals surface area contributed by atoms with Crippen LogP contribution in [-0.4, -0.2) is 15.1 Å². The predicted molar refractivity (Wildman–Crippen MR) is 71.8 cm³/mol. The van der Waals surface area contributed by atoms with E-state index in [1.807, 2.05) is 5.38 Å². The van der Waals surface area contributed by atoms with Crippen LogP contribution in [0.25, 0.3) is 11.6 Å². The third-order valence-corrected chi connectivity index (χ3v) is 3.98. The molecule has 2 N–H and O–H groups in total. The van der Waals surface area contributed by atoms with Crippen molar-refractivity contribution < 1.29 is 4.52 Å². The van der Waals surface area contributed by atoms with E-state index in [4.69, 9.17) is 10.3 Å². The topological polar surface area (TPSA) is 77.8 Å². The minimum atomic E-state index is 0. The van der Waals surface area contributed by atoms with Gasteiger partial charge in [0.2, 0.25) is 0 Å². The average molecular weight is 287 g/mol. The molecule has 5 nitrogen and oxygen atoms in total. The Morgan fingerprint density at radius 2 is 2.11 bits per heavy atom. The Balaban J connectivity index is 0.00000120. The molecule has 1 fully saturated rings. The van der Waals surface area contributed by atoms with Crippen LogP contribution in [0.5, 0.6) is 0 Å². The van der Waals surface area contributed by atoms with Crippen molar-refractivity contribution in [2.24, 2.45) is 5.73 Å². The summed E-state index contributed by atoms with van der Waals surface area (Å²) in [5, 5.41) is 6.86. The van der Waals surface area contributed by atoms with Crippen LogP contribution in [0.2, 0.25) is 0 Å². The maximum Gasteiger partial charge on any atom is 0.277 e. The third kappa shape index (κ3) is 2.55. The highest BCUT2D eigenvalue weighted by Crippen LogP contribution is 2.33. The van der Waals surface area contributed by atoms with E-state index in [-0.39, 0.29) is 12.4 Å². The average Bonchev–Trinajstić information content (AvgIpc) is 3.09. The molecule has 0 saturated heterocycles. The van der Waals surface area contributed by atoms with E-state index in [1.54, 1.807) is 0 Å². The van der Waals surface area contributed by atoms with Gasteiger partial charge in [0.15, 0.2) is 5.82 Å². The van der Waals surface area contributed by atoms with Crippen molar-refractivity contribution in [3.05, 3.63) is 16.2 Å². The van der Waals surface area contributed by atoms with Crippen molar-refractivity contribution in [3.8, 4) is 11.6 Å². The van der Waals surface area contributed by atoms with E-state index in [0.29, 0.717) is 18.4 Å². The Bertz CT molecular complexity index is 507. The molecule has 18 heavy (non-hydrogen) atoms. The number of hydrogen-bond donors (Lipinski definition) is 1. The van der Waals surface area contributed by atoms with Gasteiger partial charge in [0, 0.05) is 17.8 Å². The summed E-state index contributed by atoms with van der Waals surface area (Å²) in [6.45, 7) is 0.453. The number of rotatable bonds is 3. The molecular formula is C11H15ClN4OS. The van der Waals surface area contributed by atoms with Crippen LogP contribution in [0.1, 0.15) is 42.4 Å². The molecular weight excluding hydrogens is 272 g/mol. The maximum absolute atomic E-state index is 5.53. The molecule has 0 amide bonds. The highest BCUT2D eigenvalue weighted by Gasteiger charge is 2.23. The van der Waals surface area contributed by atoms with Gasteiger partial charge in [-0.1, -0.05) is 18.0 Å². The standard InChI is InChI=1S/C11H14N4OS.ClH/c12-5-9-13-8(6-17-9)11-14-10(15-16-11)7-3-1-2-4-7;/h6-7H,1-5,12H2;1H. The lowest BCUT2D eigenvalue weighted by Crippen LogP contribution is -1.95. The molecule has 0 bridgehead atoms. The van der Waals surface area contributed by atoms with E-state index in [1.165, 1.54) is 37.0 Å². The molecule has 7 heteroatoms. The molecule has 2 aromatic heterocycles. The molecule has 0 atom stereocenters. The number of nitrogens with zero attached hydrogens (tertiary/aromatic N) is 3. The van der Waals surface area contributed by atoms with Crippen LogP contribution in [0, 0.1) is 0 Å². The zero-order valence-electron chi connectivity index (χ0n) is 9.83. The largest absolute Gasteiger partial charge is 0.332 e. The maximum atomic E-state index is 5.53. The normalized spacial score (nSPS) is 15.8. The number of thiazole rings is 1. The van der Waals surface area contributed by atoms with Gasteiger partial charge in [0.05, 0.1) is 0 Å². The first-order chi connectivity index (χ1) is 8.36. The highest BCUT2D eigenvalue weighted by atomic mass is 35.5.